The van der Waals surface area contributed by atoms with Gasteiger partial charge in [-0.25, -0.2) is 20.4 Å². The average molecular weight is 401 g/mol. The van der Waals surface area contributed by atoms with Crippen LogP contribution in [0.5, 0.6) is 5.75 Å². The van der Waals surface area contributed by atoms with Crippen LogP contribution in [-0.4, -0.2) is 71.1 Å². The van der Waals surface area contributed by atoms with E-state index in [-0.39, 0.29) is 28.7 Å². The van der Waals surface area contributed by atoms with Crippen LogP contribution in [-0.2, 0) is 4.74 Å². The van der Waals surface area contributed by atoms with Crippen LogP contribution in [0.15, 0.2) is 35.7 Å². The summed E-state index contributed by atoms with van der Waals surface area (Å²) in [6, 6.07) is 6.46. The van der Waals surface area contributed by atoms with Crippen LogP contribution in [0.1, 0.15) is 11.8 Å². The number of imidazole rings is 1. The van der Waals surface area contributed by atoms with E-state index in [0.717, 1.165) is 0 Å². The van der Waals surface area contributed by atoms with Crippen molar-refractivity contribution < 1.29 is 25.2 Å². The van der Waals surface area contributed by atoms with E-state index < -0.39 is 31.1 Å². The predicted molar refractivity (Wildman–Crippen MR) is 102 cm³/mol. The lowest BCUT2D eigenvalue weighted by Crippen LogP contribution is -2.33. The molecule has 3 heterocycles. The smallest absolute Gasteiger partial charge is 0.228 e. The molecule has 4 rings (SSSR count). The molecule has 12 heteroatoms. The fraction of sp³-hybridized carbons (Fsp3) is 0.294. The summed E-state index contributed by atoms with van der Waals surface area (Å²) in [6.07, 6.45) is -2.04. The molecule has 3 aromatic rings. The highest BCUT2D eigenvalue weighted by Gasteiger charge is 2.45. The highest BCUT2D eigenvalue weighted by molar-refractivity contribution is 5.84. The Hall–Kier alpha value is -3.32. The van der Waals surface area contributed by atoms with E-state index in [9.17, 15) is 20.4 Å². The van der Waals surface area contributed by atoms with Gasteiger partial charge in [0.2, 0.25) is 5.95 Å². The van der Waals surface area contributed by atoms with Gasteiger partial charge >= 0.3 is 0 Å². The van der Waals surface area contributed by atoms with Crippen LogP contribution < -0.4 is 11.2 Å². The molecule has 0 bridgehead atoms. The number of aromatic nitrogens is 4. The van der Waals surface area contributed by atoms with Crippen molar-refractivity contribution in [3.8, 4) is 5.75 Å². The molecule has 152 valence electrons. The van der Waals surface area contributed by atoms with Crippen molar-refractivity contribution in [3.63, 3.8) is 0 Å². The maximum atomic E-state index is 10.4. The van der Waals surface area contributed by atoms with Gasteiger partial charge in [-0.3, -0.25) is 4.57 Å². The summed E-state index contributed by atoms with van der Waals surface area (Å²) in [7, 11) is 0. The Balaban J connectivity index is 1.72. The molecule has 7 N–H and O–H groups in total. The largest absolute Gasteiger partial charge is 0.508 e. The van der Waals surface area contributed by atoms with Gasteiger partial charge in [0, 0.05) is 0 Å². The third-order valence-electron chi connectivity index (χ3n) is 4.53. The van der Waals surface area contributed by atoms with E-state index in [1.54, 1.807) is 12.1 Å². The summed E-state index contributed by atoms with van der Waals surface area (Å²) in [6.45, 7) is -0.475. The Labute approximate surface area is 163 Å². The van der Waals surface area contributed by atoms with E-state index in [2.05, 4.69) is 25.5 Å². The number of aliphatic hydroxyl groups excluding tert-OH is 3. The van der Waals surface area contributed by atoms with Gasteiger partial charge in [0.1, 0.15) is 30.4 Å². The molecule has 0 amide bonds. The number of nitrogens with two attached hydrogens (primary N) is 1. The van der Waals surface area contributed by atoms with Gasteiger partial charge in [-0.1, -0.05) is 12.1 Å². The first kappa shape index (κ1) is 19.0. The van der Waals surface area contributed by atoms with E-state index in [1.165, 1.54) is 29.2 Å². The van der Waals surface area contributed by atoms with Gasteiger partial charge in [-0.15, -0.1) is 0 Å². The number of anilines is 2. The number of hydrogen-bond donors (Lipinski definition) is 6. The number of benzene rings is 1. The van der Waals surface area contributed by atoms with Crippen molar-refractivity contribution >= 4 is 29.1 Å². The van der Waals surface area contributed by atoms with Crippen molar-refractivity contribution in [2.75, 3.05) is 17.8 Å². The fourth-order valence-corrected chi connectivity index (χ4v) is 3.11. The summed E-state index contributed by atoms with van der Waals surface area (Å²) in [5.74, 6) is 0.328. The highest BCUT2D eigenvalue weighted by Crippen LogP contribution is 2.35. The standard InChI is InChI=1S/C17H19N7O5/c18-14-11-15(20-7-19-14)24(16-13(28)12(27)10(6-25)29-16)17(22-11)23-21-5-8-2-1-3-9(26)4-8/h1-5,7,10,12-13,16,25-28H,6H2,(H,22,23)(H2,18,19,20)/t10-,12+,13+,16+/m0/s1. The molecule has 1 fully saturated rings. The molecule has 0 unspecified atom stereocenters. The first-order valence-corrected chi connectivity index (χ1v) is 8.68. The summed E-state index contributed by atoms with van der Waals surface area (Å²) in [4.78, 5) is 12.4. The Morgan fingerprint density at radius 3 is 2.83 bits per heavy atom. The van der Waals surface area contributed by atoms with Crippen molar-refractivity contribution in [2.45, 2.75) is 24.5 Å². The lowest BCUT2D eigenvalue weighted by Gasteiger charge is -2.18. The number of hydrogen-bond acceptors (Lipinski definition) is 11. The van der Waals surface area contributed by atoms with E-state index in [4.69, 9.17) is 10.5 Å². The Kier molecular flexibility index (Phi) is 4.98. The molecule has 12 nitrogen and oxygen atoms in total. The molecule has 1 aliphatic heterocycles. The number of nitrogen functional groups attached to an aromatic ring is 1. The number of hydrazone groups is 1. The van der Waals surface area contributed by atoms with Gasteiger partial charge in [-0.2, -0.15) is 5.10 Å². The number of phenolic OH excluding ortho intramolecular Hbond substituents is 1. The molecular weight excluding hydrogens is 382 g/mol. The topological polar surface area (TPSA) is 184 Å². The summed E-state index contributed by atoms with van der Waals surface area (Å²) in [5.41, 5.74) is 9.73. The lowest BCUT2D eigenvalue weighted by molar-refractivity contribution is -0.0501. The van der Waals surface area contributed by atoms with Gasteiger partial charge < -0.3 is 30.9 Å². The molecule has 0 radical (unpaired) electrons. The number of aliphatic hydroxyl groups is 3. The average Bonchev–Trinajstić information content (AvgIpc) is 3.20. The Bertz CT molecular complexity index is 1060. The number of phenols is 1. The number of nitrogens with one attached hydrogen (secondary N) is 1. The van der Waals surface area contributed by atoms with Gasteiger partial charge in [0.25, 0.3) is 0 Å². The summed E-state index contributed by atoms with van der Waals surface area (Å²) < 4.78 is 6.98. The van der Waals surface area contributed by atoms with Crippen LogP contribution in [0.4, 0.5) is 11.8 Å². The van der Waals surface area contributed by atoms with Crippen molar-refractivity contribution in [1.82, 2.24) is 19.5 Å². The Morgan fingerprint density at radius 1 is 1.28 bits per heavy atom. The second-order valence-electron chi connectivity index (χ2n) is 6.43. The fourth-order valence-electron chi connectivity index (χ4n) is 3.11. The zero-order valence-corrected chi connectivity index (χ0v) is 15.0. The molecular formula is C17H19N7O5. The normalized spacial score (nSPS) is 24.5. The maximum absolute atomic E-state index is 10.4. The third-order valence-corrected chi connectivity index (χ3v) is 4.53. The number of ether oxygens (including phenoxy) is 1. The van der Waals surface area contributed by atoms with Crippen LogP contribution in [0.2, 0.25) is 0 Å². The minimum absolute atomic E-state index is 0.0933. The molecule has 29 heavy (non-hydrogen) atoms. The number of fused-ring (bicyclic) bond motifs is 1. The summed E-state index contributed by atoms with van der Waals surface area (Å²) >= 11 is 0. The Morgan fingerprint density at radius 2 is 2.10 bits per heavy atom. The number of rotatable bonds is 5. The molecule has 0 saturated carbocycles. The van der Waals surface area contributed by atoms with Crippen molar-refractivity contribution in [2.24, 2.45) is 5.10 Å². The van der Waals surface area contributed by atoms with E-state index >= 15 is 0 Å². The second-order valence-corrected chi connectivity index (χ2v) is 6.43. The first-order chi connectivity index (χ1) is 14.0. The third kappa shape index (κ3) is 3.45. The minimum atomic E-state index is -1.35. The van der Waals surface area contributed by atoms with Gasteiger partial charge in [-0.05, 0) is 17.7 Å². The minimum Gasteiger partial charge on any atom is -0.508 e. The molecule has 2 aromatic heterocycles. The molecule has 1 aromatic carbocycles. The number of nitrogens with zero attached hydrogens (tertiary/aromatic N) is 5. The van der Waals surface area contributed by atoms with Crippen molar-refractivity contribution in [3.05, 3.63) is 36.2 Å². The monoisotopic (exact) mass is 401 g/mol. The molecule has 1 saturated heterocycles. The molecule has 0 aliphatic carbocycles. The van der Waals surface area contributed by atoms with Gasteiger partial charge in [0.05, 0.1) is 12.8 Å². The molecule has 0 spiro atoms. The van der Waals surface area contributed by atoms with Crippen LogP contribution >= 0.6 is 0 Å². The predicted octanol–water partition coefficient (Wildman–Crippen LogP) is -0.828. The van der Waals surface area contributed by atoms with E-state index in [0.29, 0.717) is 5.56 Å². The maximum Gasteiger partial charge on any atom is 0.228 e. The SMILES string of the molecule is Nc1ncnc2c1nc(NN=Cc1cccc(O)c1)n2[C@@H]1O[C@@H](CO)[C@@H](O)[C@H]1O. The van der Waals surface area contributed by atoms with Crippen molar-refractivity contribution in [1.29, 1.82) is 0 Å². The van der Waals surface area contributed by atoms with Gasteiger partial charge in [0.15, 0.2) is 23.2 Å². The van der Waals surface area contributed by atoms with E-state index in [1.807, 2.05) is 0 Å². The van der Waals surface area contributed by atoms with Crippen LogP contribution in [0.25, 0.3) is 11.2 Å². The quantitative estimate of drug-likeness (QED) is 0.233. The van der Waals surface area contributed by atoms with Crippen LogP contribution in [0, 0.1) is 0 Å². The zero-order chi connectivity index (χ0) is 20.5. The van der Waals surface area contributed by atoms with Crippen LogP contribution in [0.3, 0.4) is 0 Å². The molecule has 4 atom stereocenters. The second kappa shape index (κ2) is 7.60. The number of aromatic hydroxyl groups is 1. The molecule has 1 aliphatic rings. The lowest BCUT2D eigenvalue weighted by atomic mass is 10.1. The first-order valence-electron chi connectivity index (χ1n) is 8.68. The summed E-state index contributed by atoms with van der Waals surface area (Å²) in [5, 5.41) is 43.5. The zero-order valence-electron chi connectivity index (χ0n) is 15.0. The highest BCUT2D eigenvalue weighted by atomic mass is 16.6.